The zero-order valence-corrected chi connectivity index (χ0v) is 19.0. The van der Waals surface area contributed by atoms with Crippen molar-refractivity contribution >= 4 is 34.4 Å². The number of aryl methyl sites for hydroxylation is 1. The Balaban J connectivity index is 1.38. The van der Waals surface area contributed by atoms with Crippen LogP contribution in [0.2, 0.25) is 0 Å². The lowest BCUT2D eigenvalue weighted by molar-refractivity contribution is -0.123. The van der Waals surface area contributed by atoms with Crippen LogP contribution < -0.4 is 15.4 Å². The van der Waals surface area contributed by atoms with Gasteiger partial charge in [-0.15, -0.1) is 0 Å². The summed E-state index contributed by atoms with van der Waals surface area (Å²) in [5.41, 5.74) is 1.89. The van der Waals surface area contributed by atoms with Crippen LogP contribution in [0.25, 0.3) is 0 Å². The van der Waals surface area contributed by atoms with Crippen molar-refractivity contribution < 1.29 is 23.2 Å². The van der Waals surface area contributed by atoms with E-state index in [2.05, 4.69) is 48.5 Å². The van der Waals surface area contributed by atoms with Crippen molar-refractivity contribution in [2.45, 2.75) is 20.4 Å². The van der Waals surface area contributed by atoms with E-state index in [0.29, 0.717) is 11.6 Å². The Morgan fingerprint density at radius 3 is 2.58 bits per heavy atom. The third-order valence-corrected chi connectivity index (χ3v) is 5.72. The maximum absolute atomic E-state index is 12.8. The highest BCUT2D eigenvalue weighted by Crippen LogP contribution is 2.16. The fraction of sp³-hybridized carbons (Fsp3) is 0.316. The second kappa shape index (κ2) is 10.3. The molecule has 31 heavy (non-hydrogen) atoms. The molecule has 0 radical (unpaired) electrons. The summed E-state index contributed by atoms with van der Waals surface area (Å²) in [6, 6.07) is 5.33. The lowest BCUT2D eigenvalue weighted by Crippen LogP contribution is -2.36. The number of amides is 2. The van der Waals surface area contributed by atoms with Crippen molar-refractivity contribution in [2.75, 3.05) is 19.7 Å². The molecule has 0 spiro atoms. The SMILES string of the molecule is Cc1nn(Cc2noc(C(=O)NCCNC(=O)COc3ccc(F)cc3)n2)c(C)c1I. The number of nitrogens with one attached hydrogen (secondary N) is 2. The van der Waals surface area contributed by atoms with Gasteiger partial charge in [-0.2, -0.15) is 10.1 Å². The number of ether oxygens (including phenoxy) is 1. The van der Waals surface area contributed by atoms with Gasteiger partial charge < -0.3 is 19.9 Å². The number of carbonyl (C=O) groups is 2. The van der Waals surface area contributed by atoms with Gasteiger partial charge in [0.1, 0.15) is 18.1 Å². The largest absolute Gasteiger partial charge is 0.484 e. The van der Waals surface area contributed by atoms with Crippen molar-refractivity contribution in [2.24, 2.45) is 0 Å². The van der Waals surface area contributed by atoms with Gasteiger partial charge in [-0.1, -0.05) is 5.16 Å². The Labute approximate surface area is 190 Å². The Bertz CT molecular complexity index is 1070. The minimum absolute atomic E-state index is 0.161. The summed E-state index contributed by atoms with van der Waals surface area (Å²) in [5, 5.41) is 13.4. The van der Waals surface area contributed by atoms with E-state index < -0.39 is 5.91 Å². The number of carbonyl (C=O) groups excluding carboxylic acids is 2. The molecule has 3 aromatic rings. The van der Waals surface area contributed by atoms with Gasteiger partial charge in [0.15, 0.2) is 12.4 Å². The molecule has 0 unspecified atom stereocenters. The van der Waals surface area contributed by atoms with Crippen LogP contribution in [-0.2, 0) is 11.3 Å². The second-order valence-electron chi connectivity index (χ2n) is 6.51. The van der Waals surface area contributed by atoms with Crippen LogP contribution in [0.5, 0.6) is 5.75 Å². The highest BCUT2D eigenvalue weighted by molar-refractivity contribution is 14.1. The molecule has 12 heteroatoms. The Kier molecular flexibility index (Phi) is 7.55. The number of hydrogen-bond acceptors (Lipinski definition) is 7. The van der Waals surface area contributed by atoms with Crippen LogP contribution in [0.4, 0.5) is 4.39 Å². The Morgan fingerprint density at radius 2 is 1.90 bits per heavy atom. The first-order chi connectivity index (χ1) is 14.8. The van der Waals surface area contributed by atoms with Crippen LogP contribution in [-0.4, -0.2) is 51.4 Å². The smallest absolute Gasteiger partial charge is 0.316 e. The molecule has 2 amide bonds. The molecule has 0 saturated heterocycles. The van der Waals surface area contributed by atoms with Gasteiger partial charge >= 0.3 is 11.8 Å². The quantitative estimate of drug-likeness (QED) is 0.311. The van der Waals surface area contributed by atoms with E-state index in [1.54, 1.807) is 4.68 Å². The third-order valence-electron chi connectivity index (χ3n) is 4.16. The first kappa shape index (κ1) is 22.7. The topological polar surface area (TPSA) is 124 Å². The second-order valence-corrected chi connectivity index (χ2v) is 7.59. The summed E-state index contributed by atoms with van der Waals surface area (Å²) in [6.07, 6.45) is 0. The van der Waals surface area contributed by atoms with Crippen LogP contribution in [0, 0.1) is 23.2 Å². The van der Waals surface area contributed by atoms with Crippen molar-refractivity contribution in [1.29, 1.82) is 0 Å². The Hall–Kier alpha value is -3.03. The molecule has 0 aliphatic heterocycles. The van der Waals surface area contributed by atoms with E-state index >= 15 is 0 Å². The number of halogens is 2. The number of nitrogens with zero attached hydrogens (tertiary/aromatic N) is 4. The van der Waals surface area contributed by atoms with Gasteiger partial charge in [-0.05, 0) is 60.7 Å². The summed E-state index contributed by atoms with van der Waals surface area (Å²) < 4.78 is 25.9. The number of benzene rings is 1. The van der Waals surface area contributed by atoms with Crippen LogP contribution in [0.15, 0.2) is 28.8 Å². The molecule has 3 rings (SSSR count). The minimum atomic E-state index is -0.543. The monoisotopic (exact) mass is 542 g/mol. The molecular weight excluding hydrogens is 522 g/mol. The summed E-state index contributed by atoms with van der Waals surface area (Å²) >= 11 is 2.22. The molecule has 0 aliphatic carbocycles. The molecule has 0 saturated carbocycles. The van der Waals surface area contributed by atoms with E-state index in [0.717, 1.165) is 15.0 Å². The van der Waals surface area contributed by atoms with Gasteiger partial charge in [0.2, 0.25) is 0 Å². The molecule has 1 aromatic carbocycles. The third kappa shape index (κ3) is 6.23. The number of hydrogen-bond donors (Lipinski definition) is 2. The molecule has 0 bridgehead atoms. The lowest BCUT2D eigenvalue weighted by atomic mass is 10.3. The van der Waals surface area contributed by atoms with Gasteiger partial charge in [-0.25, -0.2) is 4.39 Å². The molecule has 0 aliphatic rings. The zero-order chi connectivity index (χ0) is 22.4. The van der Waals surface area contributed by atoms with E-state index in [9.17, 15) is 14.0 Å². The molecule has 10 nitrogen and oxygen atoms in total. The van der Waals surface area contributed by atoms with Gasteiger partial charge in [0.05, 0.1) is 9.26 Å². The standard InChI is InChI=1S/C19H20FIN6O4/c1-11-17(21)12(2)27(25-11)9-15-24-19(31-26-15)18(29)23-8-7-22-16(28)10-30-14-5-3-13(20)4-6-14/h3-6H,7-10H2,1-2H3,(H,22,28)(H,23,29). The lowest BCUT2D eigenvalue weighted by Gasteiger charge is -2.07. The van der Waals surface area contributed by atoms with Gasteiger partial charge in [0, 0.05) is 18.8 Å². The van der Waals surface area contributed by atoms with E-state index in [1.807, 2.05) is 13.8 Å². The molecule has 164 valence electrons. The fourth-order valence-electron chi connectivity index (χ4n) is 2.56. The number of aromatic nitrogens is 4. The molecule has 2 heterocycles. The van der Waals surface area contributed by atoms with Crippen molar-refractivity contribution in [3.05, 3.63) is 56.8 Å². The predicted octanol–water partition coefficient (Wildman–Crippen LogP) is 1.60. The number of rotatable bonds is 9. The molecule has 2 N–H and O–H groups in total. The highest BCUT2D eigenvalue weighted by Gasteiger charge is 2.17. The normalized spacial score (nSPS) is 10.7. The molecular formula is C19H20FIN6O4. The van der Waals surface area contributed by atoms with Crippen molar-refractivity contribution in [3.8, 4) is 5.75 Å². The van der Waals surface area contributed by atoms with Crippen LogP contribution in [0.3, 0.4) is 0 Å². The summed E-state index contributed by atoms with van der Waals surface area (Å²) in [6.45, 7) is 4.26. The van der Waals surface area contributed by atoms with E-state index in [1.165, 1.54) is 24.3 Å². The average Bonchev–Trinajstić information content (AvgIpc) is 3.31. The van der Waals surface area contributed by atoms with Crippen LogP contribution >= 0.6 is 22.6 Å². The zero-order valence-electron chi connectivity index (χ0n) is 16.8. The molecule has 0 atom stereocenters. The highest BCUT2D eigenvalue weighted by atomic mass is 127. The van der Waals surface area contributed by atoms with E-state index in [4.69, 9.17) is 9.26 Å². The van der Waals surface area contributed by atoms with Gasteiger partial charge in [-0.3, -0.25) is 14.3 Å². The van der Waals surface area contributed by atoms with E-state index in [-0.39, 0.29) is 43.9 Å². The molecule has 0 fully saturated rings. The van der Waals surface area contributed by atoms with Crippen molar-refractivity contribution in [1.82, 2.24) is 30.6 Å². The van der Waals surface area contributed by atoms with Gasteiger partial charge in [0.25, 0.3) is 5.91 Å². The first-order valence-corrected chi connectivity index (χ1v) is 10.4. The molecule has 2 aromatic heterocycles. The predicted molar refractivity (Wildman–Crippen MR) is 115 cm³/mol. The maximum atomic E-state index is 12.8. The van der Waals surface area contributed by atoms with Crippen molar-refractivity contribution in [3.63, 3.8) is 0 Å². The fourth-order valence-corrected chi connectivity index (χ4v) is 2.94. The summed E-state index contributed by atoms with van der Waals surface area (Å²) in [7, 11) is 0. The summed E-state index contributed by atoms with van der Waals surface area (Å²) in [4.78, 5) is 28.0. The summed E-state index contributed by atoms with van der Waals surface area (Å²) in [5.74, 6) is -0.762. The maximum Gasteiger partial charge on any atom is 0.316 e. The average molecular weight is 542 g/mol. The minimum Gasteiger partial charge on any atom is -0.484 e. The Morgan fingerprint density at radius 1 is 1.19 bits per heavy atom. The first-order valence-electron chi connectivity index (χ1n) is 9.29. The van der Waals surface area contributed by atoms with Crippen LogP contribution in [0.1, 0.15) is 27.9 Å².